The Bertz CT molecular complexity index is 263. The van der Waals surface area contributed by atoms with E-state index in [-0.39, 0.29) is 121 Å². The van der Waals surface area contributed by atoms with Crippen LogP contribution in [0.25, 0.3) is 0 Å². The van der Waals surface area contributed by atoms with Crippen molar-refractivity contribution in [3.05, 3.63) is 0 Å². The normalized spacial score (nSPS) is 8.68. The molecule has 0 aliphatic rings. The Morgan fingerprint density at radius 1 is 0.842 bits per heavy atom. The number of carboxylic acids is 3. The molecule has 0 bridgehead atoms. The fourth-order valence-corrected chi connectivity index (χ4v) is 1.03. The summed E-state index contributed by atoms with van der Waals surface area (Å²) in [5, 5.41) is 27.8. The van der Waals surface area contributed by atoms with Gasteiger partial charge in [-0.3, -0.25) is 19.3 Å². The third-order valence-corrected chi connectivity index (χ3v) is 1.60. The molecule has 0 saturated heterocycles. The summed E-state index contributed by atoms with van der Waals surface area (Å²) in [7, 11) is 0. The Morgan fingerprint density at radius 3 is 1.58 bits per heavy atom. The van der Waals surface area contributed by atoms with Crippen LogP contribution < -0.4 is 5.32 Å². The predicted molar refractivity (Wildman–Crippen MR) is 69.5 cm³/mol. The maximum atomic E-state index is 10.4. The summed E-state index contributed by atoms with van der Waals surface area (Å²) in [5.41, 5.74) is 0. The van der Waals surface area contributed by atoms with E-state index in [1.807, 2.05) is 0 Å². The van der Waals surface area contributed by atoms with Crippen molar-refractivity contribution in [2.75, 3.05) is 32.7 Å². The molecule has 0 aliphatic heterocycles. The van der Waals surface area contributed by atoms with Gasteiger partial charge in [-0.05, 0) is 0 Å². The van der Waals surface area contributed by atoms with Crippen molar-refractivity contribution < 1.29 is 29.7 Å². The summed E-state index contributed by atoms with van der Waals surface area (Å²) in [4.78, 5) is 32.1. The molecule has 3 radical (unpaired) electrons. The number of carboxylic acid groups (broad SMARTS) is 3. The Morgan fingerprint density at radius 2 is 1.26 bits per heavy atom. The molecule has 0 unspecified atom stereocenters. The molecule has 0 aromatic heterocycles. The average Bonchev–Trinajstić information content (AvgIpc) is 2.09. The summed E-state index contributed by atoms with van der Waals surface area (Å²) in [6.07, 6.45) is 0. The Kier molecular flexibility index (Phi) is 26.1. The van der Waals surface area contributed by atoms with Crippen molar-refractivity contribution in [1.82, 2.24) is 10.2 Å². The van der Waals surface area contributed by atoms with Gasteiger partial charge in [0.15, 0.2) is 0 Å². The SMILES string of the molecule is O=C(O)CNCCN(CC(=O)O)CC(=O)O.[Na].[Na].[Na]. The molecule has 0 amide bonds. The second-order valence-electron chi connectivity index (χ2n) is 3.07. The van der Waals surface area contributed by atoms with E-state index in [1.54, 1.807) is 0 Å². The largest absolute Gasteiger partial charge is 0.480 e. The van der Waals surface area contributed by atoms with Gasteiger partial charge in [-0.1, -0.05) is 0 Å². The van der Waals surface area contributed by atoms with Gasteiger partial charge >= 0.3 is 17.9 Å². The van der Waals surface area contributed by atoms with Crippen LogP contribution in [-0.2, 0) is 14.4 Å². The smallest absolute Gasteiger partial charge is 0.317 e. The molecule has 0 heterocycles. The van der Waals surface area contributed by atoms with Crippen LogP contribution in [0.5, 0.6) is 0 Å². The van der Waals surface area contributed by atoms with Crippen LogP contribution in [0.3, 0.4) is 0 Å². The topological polar surface area (TPSA) is 127 Å². The van der Waals surface area contributed by atoms with E-state index in [2.05, 4.69) is 5.32 Å². The summed E-state index contributed by atoms with van der Waals surface area (Å²) >= 11 is 0. The van der Waals surface area contributed by atoms with Gasteiger partial charge in [0.1, 0.15) is 0 Å². The molecule has 0 fully saturated rings. The molecule has 0 spiro atoms. The van der Waals surface area contributed by atoms with E-state index >= 15 is 0 Å². The maximum absolute atomic E-state index is 10.4. The van der Waals surface area contributed by atoms with E-state index in [1.165, 1.54) is 4.90 Å². The van der Waals surface area contributed by atoms with Crippen molar-refractivity contribution in [3.8, 4) is 0 Å². The number of hydrogen-bond acceptors (Lipinski definition) is 5. The van der Waals surface area contributed by atoms with Gasteiger partial charge in [-0.15, -0.1) is 0 Å². The van der Waals surface area contributed by atoms with Crippen LogP contribution in [0, 0.1) is 0 Å². The van der Waals surface area contributed by atoms with Crippen molar-refractivity contribution in [2.24, 2.45) is 0 Å². The molecule has 0 atom stereocenters. The second-order valence-corrected chi connectivity index (χ2v) is 3.07. The van der Waals surface area contributed by atoms with Gasteiger partial charge in [0, 0.05) is 102 Å². The molecule has 95 valence electrons. The van der Waals surface area contributed by atoms with Crippen molar-refractivity contribution in [3.63, 3.8) is 0 Å². The first-order chi connectivity index (χ1) is 7.41. The van der Waals surface area contributed by atoms with Crippen LogP contribution in [0.1, 0.15) is 0 Å². The van der Waals surface area contributed by atoms with Gasteiger partial charge in [0.05, 0.1) is 19.6 Å². The van der Waals surface area contributed by atoms with Crippen molar-refractivity contribution >= 4 is 107 Å². The minimum atomic E-state index is -1.13. The molecule has 19 heavy (non-hydrogen) atoms. The molecule has 0 aromatic rings. The summed E-state index contributed by atoms with van der Waals surface area (Å²) < 4.78 is 0. The van der Waals surface area contributed by atoms with Crippen LogP contribution in [-0.4, -0.2) is 160 Å². The fourth-order valence-electron chi connectivity index (χ4n) is 1.03. The zero-order valence-electron chi connectivity index (χ0n) is 11.5. The van der Waals surface area contributed by atoms with Gasteiger partial charge in [0.2, 0.25) is 0 Å². The van der Waals surface area contributed by atoms with E-state index in [0.717, 1.165) is 0 Å². The van der Waals surface area contributed by atoms with Gasteiger partial charge in [0.25, 0.3) is 0 Å². The number of aliphatic carboxylic acids is 3. The molecule has 0 saturated carbocycles. The van der Waals surface area contributed by atoms with E-state index < -0.39 is 17.9 Å². The van der Waals surface area contributed by atoms with Crippen LogP contribution in [0.4, 0.5) is 0 Å². The predicted octanol–water partition coefficient (Wildman–Crippen LogP) is -3.01. The van der Waals surface area contributed by atoms with Crippen LogP contribution >= 0.6 is 0 Å². The van der Waals surface area contributed by atoms with Crippen LogP contribution in [0.2, 0.25) is 0 Å². The minimum Gasteiger partial charge on any atom is -0.480 e. The third-order valence-electron chi connectivity index (χ3n) is 1.60. The number of nitrogens with one attached hydrogen (secondary N) is 1. The van der Waals surface area contributed by atoms with E-state index in [4.69, 9.17) is 15.3 Å². The zero-order chi connectivity index (χ0) is 12.6. The van der Waals surface area contributed by atoms with Gasteiger partial charge in [-0.2, -0.15) is 0 Å². The molecule has 8 nitrogen and oxygen atoms in total. The quantitative estimate of drug-likeness (QED) is 0.262. The summed E-state index contributed by atoms with van der Waals surface area (Å²) in [5.74, 6) is -3.28. The molecule has 0 aliphatic carbocycles. The van der Waals surface area contributed by atoms with E-state index in [0.29, 0.717) is 0 Å². The minimum absolute atomic E-state index is 0. The first-order valence-corrected chi connectivity index (χ1v) is 4.50. The standard InChI is InChI=1S/C8H14N2O6.3Na/c11-6(12)3-9-1-2-10(4-7(13)14)5-8(15)16;;;/h9H,1-5H2,(H,11,12)(H,13,14)(H,15,16);;;. The monoisotopic (exact) mass is 303 g/mol. The fraction of sp³-hybridized carbons (Fsp3) is 0.625. The number of nitrogens with zero attached hydrogens (tertiary/aromatic N) is 1. The molecule has 0 aromatic carbocycles. The zero-order valence-corrected chi connectivity index (χ0v) is 17.5. The van der Waals surface area contributed by atoms with E-state index in [9.17, 15) is 14.4 Å². The Balaban J connectivity index is -0.000000375. The average molecular weight is 303 g/mol. The molecule has 11 heteroatoms. The van der Waals surface area contributed by atoms with Crippen molar-refractivity contribution in [2.45, 2.75) is 0 Å². The first kappa shape index (κ1) is 28.5. The number of carbonyl (C=O) groups is 3. The summed E-state index contributed by atoms with van der Waals surface area (Å²) in [6, 6.07) is 0. The maximum Gasteiger partial charge on any atom is 0.317 e. The molecule has 4 N–H and O–H groups in total. The number of hydrogen-bond donors (Lipinski definition) is 4. The van der Waals surface area contributed by atoms with Gasteiger partial charge < -0.3 is 20.6 Å². The van der Waals surface area contributed by atoms with Gasteiger partial charge in [-0.25, -0.2) is 0 Å². The Labute approximate surface area is 177 Å². The molecular formula is C8H14N2Na3O6. The molecule has 0 rings (SSSR count). The Hall–Kier alpha value is 1.33. The number of rotatable bonds is 9. The molecular weight excluding hydrogens is 289 g/mol. The summed E-state index contributed by atoms with van der Waals surface area (Å²) in [6.45, 7) is -0.644. The third kappa shape index (κ3) is 21.8. The van der Waals surface area contributed by atoms with Crippen molar-refractivity contribution in [1.29, 1.82) is 0 Å². The first-order valence-electron chi connectivity index (χ1n) is 4.50. The van der Waals surface area contributed by atoms with Crippen LogP contribution in [0.15, 0.2) is 0 Å². The second kappa shape index (κ2) is 17.4.